The van der Waals surface area contributed by atoms with E-state index in [-0.39, 0.29) is 6.04 Å². The molecule has 1 aliphatic heterocycles. The van der Waals surface area contributed by atoms with Crippen molar-refractivity contribution in [2.24, 2.45) is 0 Å². The summed E-state index contributed by atoms with van der Waals surface area (Å²) in [6.45, 7) is 6.14. The molecule has 0 unspecified atom stereocenters. The SMILES string of the molecule is Cc1ncccc1-c1cc(-c2c(F)ncc3c2C=CC3)nc(N2CCOC[C@H]2C)c1. The molecule has 6 heteroatoms. The largest absolute Gasteiger partial charge is 0.377 e. The minimum Gasteiger partial charge on any atom is -0.377 e. The van der Waals surface area contributed by atoms with Gasteiger partial charge in [-0.05, 0) is 55.2 Å². The van der Waals surface area contributed by atoms with E-state index in [9.17, 15) is 4.39 Å². The average Bonchev–Trinajstić information content (AvgIpc) is 3.22. The highest BCUT2D eigenvalue weighted by atomic mass is 19.1. The highest BCUT2D eigenvalue weighted by Crippen LogP contribution is 2.36. The van der Waals surface area contributed by atoms with Crippen LogP contribution in [0.2, 0.25) is 0 Å². The maximum atomic E-state index is 15.0. The fourth-order valence-electron chi connectivity index (χ4n) is 4.24. The number of anilines is 1. The molecule has 3 aromatic rings. The van der Waals surface area contributed by atoms with E-state index < -0.39 is 5.95 Å². The highest BCUT2D eigenvalue weighted by Gasteiger charge is 2.24. The Morgan fingerprint density at radius 2 is 2.13 bits per heavy atom. The van der Waals surface area contributed by atoms with Crippen LogP contribution in [0.4, 0.5) is 10.2 Å². The summed E-state index contributed by atoms with van der Waals surface area (Å²) in [5.41, 5.74) is 5.86. The predicted molar refractivity (Wildman–Crippen MR) is 116 cm³/mol. The van der Waals surface area contributed by atoms with Crippen molar-refractivity contribution >= 4 is 11.9 Å². The zero-order chi connectivity index (χ0) is 20.7. The van der Waals surface area contributed by atoms with E-state index >= 15 is 0 Å². The van der Waals surface area contributed by atoms with Crippen LogP contribution in [0.5, 0.6) is 0 Å². The van der Waals surface area contributed by atoms with Crippen molar-refractivity contribution in [3.63, 3.8) is 0 Å². The van der Waals surface area contributed by atoms with Gasteiger partial charge in [-0.25, -0.2) is 9.97 Å². The topological polar surface area (TPSA) is 51.1 Å². The van der Waals surface area contributed by atoms with Gasteiger partial charge < -0.3 is 9.64 Å². The van der Waals surface area contributed by atoms with Gasteiger partial charge in [-0.15, -0.1) is 0 Å². The maximum Gasteiger partial charge on any atom is 0.222 e. The predicted octanol–water partition coefficient (Wildman–Crippen LogP) is 4.45. The lowest BCUT2D eigenvalue weighted by molar-refractivity contribution is 0.0985. The third kappa shape index (κ3) is 3.27. The number of hydrogen-bond acceptors (Lipinski definition) is 5. The number of nitrogens with zero attached hydrogens (tertiary/aromatic N) is 4. The van der Waals surface area contributed by atoms with E-state index in [2.05, 4.69) is 27.9 Å². The Bertz CT molecular complexity index is 1140. The molecular formula is C24H23FN4O. The van der Waals surface area contributed by atoms with Gasteiger partial charge in [0.1, 0.15) is 5.82 Å². The van der Waals surface area contributed by atoms with Crippen LogP contribution in [-0.4, -0.2) is 40.8 Å². The molecule has 1 aliphatic carbocycles. The zero-order valence-corrected chi connectivity index (χ0v) is 17.1. The van der Waals surface area contributed by atoms with Crippen molar-refractivity contribution in [2.45, 2.75) is 26.3 Å². The Morgan fingerprint density at radius 1 is 1.23 bits per heavy atom. The Morgan fingerprint density at radius 3 is 2.97 bits per heavy atom. The van der Waals surface area contributed by atoms with Crippen LogP contribution in [0.25, 0.3) is 28.5 Å². The highest BCUT2D eigenvalue weighted by molar-refractivity contribution is 5.81. The minimum absolute atomic E-state index is 0.189. The van der Waals surface area contributed by atoms with Gasteiger partial charge >= 0.3 is 0 Å². The second-order valence-electron chi connectivity index (χ2n) is 7.82. The van der Waals surface area contributed by atoms with Crippen LogP contribution in [0.15, 0.2) is 42.7 Å². The number of pyridine rings is 3. The van der Waals surface area contributed by atoms with Gasteiger partial charge in [0.05, 0.1) is 30.5 Å². The van der Waals surface area contributed by atoms with Gasteiger partial charge in [0.25, 0.3) is 0 Å². The molecule has 4 heterocycles. The van der Waals surface area contributed by atoms with Crippen molar-refractivity contribution in [2.75, 3.05) is 24.7 Å². The van der Waals surface area contributed by atoms with Gasteiger partial charge in [-0.1, -0.05) is 18.2 Å². The number of rotatable bonds is 3. The van der Waals surface area contributed by atoms with Crippen molar-refractivity contribution in [3.05, 3.63) is 65.5 Å². The third-order valence-corrected chi connectivity index (χ3v) is 5.83. The van der Waals surface area contributed by atoms with Gasteiger partial charge in [-0.3, -0.25) is 4.98 Å². The molecule has 5 nitrogen and oxygen atoms in total. The fraction of sp³-hybridized carbons (Fsp3) is 0.292. The summed E-state index contributed by atoms with van der Waals surface area (Å²) in [4.78, 5) is 15.6. The first-order valence-corrected chi connectivity index (χ1v) is 10.2. The number of morpholine rings is 1. The molecule has 0 amide bonds. The quantitative estimate of drug-likeness (QED) is 0.606. The second-order valence-corrected chi connectivity index (χ2v) is 7.82. The van der Waals surface area contributed by atoms with Crippen molar-refractivity contribution < 1.29 is 9.13 Å². The Hall–Kier alpha value is -3.12. The van der Waals surface area contributed by atoms with Crippen LogP contribution in [-0.2, 0) is 11.2 Å². The normalized spacial score (nSPS) is 18.0. The third-order valence-electron chi connectivity index (χ3n) is 5.83. The summed E-state index contributed by atoms with van der Waals surface area (Å²) >= 11 is 0. The maximum absolute atomic E-state index is 15.0. The molecule has 30 heavy (non-hydrogen) atoms. The molecule has 2 aliphatic rings. The number of aromatic nitrogens is 3. The van der Waals surface area contributed by atoms with Crippen LogP contribution in [0.3, 0.4) is 0 Å². The summed E-state index contributed by atoms with van der Waals surface area (Å²) in [7, 11) is 0. The van der Waals surface area contributed by atoms with E-state index in [1.807, 2.05) is 37.3 Å². The number of fused-ring (bicyclic) bond motifs is 1. The van der Waals surface area contributed by atoms with Crippen molar-refractivity contribution in [1.29, 1.82) is 0 Å². The number of aryl methyl sites for hydroxylation is 1. The Balaban J connectivity index is 1.73. The van der Waals surface area contributed by atoms with Crippen LogP contribution in [0, 0.1) is 12.9 Å². The number of ether oxygens (including phenoxy) is 1. The first-order valence-electron chi connectivity index (χ1n) is 10.2. The van der Waals surface area contributed by atoms with Gasteiger partial charge in [-0.2, -0.15) is 4.39 Å². The monoisotopic (exact) mass is 402 g/mol. The molecule has 0 saturated carbocycles. The summed E-state index contributed by atoms with van der Waals surface area (Å²) in [5, 5.41) is 0. The molecule has 0 radical (unpaired) electrons. The molecule has 0 N–H and O–H groups in total. The van der Waals surface area contributed by atoms with Gasteiger partial charge in [0.2, 0.25) is 5.95 Å². The van der Waals surface area contributed by atoms with E-state index in [1.54, 1.807) is 12.4 Å². The molecule has 0 bridgehead atoms. The van der Waals surface area contributed by atoms with Gasteiger partial charge in [0, 0.05) is 30.2 Å². The van der Waals surface area contributed by atoms with E-state index in [1.165, 1.54) is 0 Å². The van der Waals surface area contributed by atoms with Gasteiger partial charge in [0.15, 0.2) is 0 Å². The summed E-state index contributed by atoms with van der Waals surface area (Å²) < 4.78 is 20.6. The fourth-order valence-corrected chi connectivity index (χ4v) is 4.24. The molecule has 1 fully saturated rings. The first kappa shape index (κ1) is 18.9. The average molecular weight is 402 g/mol. The van der Waals surface area contributed by atoms with Crippen LogP contribution < -0.4 is 4.90 Å². The number of hydrogen-bond donors (Lipinski definition) is 0. The molecule has 3 aromatic heterocycles. The molecular weight excluding hydrogens is 379 g/mol. The number of allylic oxidation sites excluding steroid dienone is 1. The molecule has 1 atom stereocenters. The number of halogens is 1. The molecule has 152 valence electrons. The Labute approximate surface area is 175 Å². The smallest absolute Gasteiger partial charge is 0.222 e. The molecule has 5 rings (SSSR count). The first-order chi connectivity index (χ1) is 14.6. The lowest BCUT2D eigenvalue weighted by atomic mass is 9.99. The minimum atomic E-state index is -0.492. The van der Waals surface area contributed by atoms with E-state index in [0.717, 1.165) is 46.7 Å². The summed E-state index contributed by atoms with van der Waals surface area (Å²) in [6.07, 6.45) is 8.18. The zero-order valence-electron chi connectivity index (χ0n) is 17.1. The molecule has 1 saturated heterocycles. The Kier molecular flexibility index (Phi) is 4.79. The summed E-state index contributed by atoms with van der Waals surface area (Å²) in [6, 6.07) is 8.17. The van der Waals surface area contributed by atoms with E-state index in [4.69, 9.17) is 9.72 Å². The summed E-state index contributed by atoms with van der Waals surface area (Å²) in [5.74, 6) is 0.328. The van der Waals surface area contributed by atoms with Crippen LogP contribution >= 0.6 is 0 Å². The lowest BCUT2D eigenvalue weighted by Crippen LogP contribution is -2.44. The lowest BCUT2D eigenvalue weighted by Gasteiger charge is -2.34. The van der Waals surface area contributed by atoms with E-state index in [0.29, 0.717) is 24.5 Å². The molecule has 0 aromatic carbocycles. The van der Waals surface area contributed by atoms with Crippen LogP contribution in [0.1, 0.15) is 23.7 Å². The standard InChI is InChI=1S/C24H23FN4O/c1-15-14-30-10-9-29(15)22-12-18(19-7-4-8-26-16(19)2)11-21(28-22)23-20-6-3-5-17(20)13-27-24(23)25/h3-4,6-8,11-13,15H,5,9-10,14H2,1-2H3/t15-/m1/s1. The second kappa shape index (κ2) is 7.61. The van der Waals surface area contributed by atoms with Crippen molar-refractivity contribution in [3.8, 4) is 22.4 Å². The van der Waals surface area contributed by atoms with Crippen molar-refractivity contribution in [1.82, 2.24) is 15.0 Å². The molecule has 0 spiro atoms.